The average molecular weight is 431 g/mol. The number of alkyl halides is 3. The first-order valence-electron chi connectivity index (χ1n) is 9.85. The maximum absolute atomic E-state index is 12.7. The number of aromatic nitrogens is 2. The van der Waals surface area contributed by atoms with Crippen molar-refractivity contribution in [2.75, 3.05) is 13.2 Å². The molecule has 6 nitrogen and oxygen atoms in total. The molecule has 4 rings (SSSR count). The predicted octanol–water partition coefficient (Wildman–Crippen LogP) is 4.67. The van der Waals surface area contributed by atoms with Gasteiger partial charge >= 0.3 is 6.18 Å². The van der Waals surface area contributed by atoms with Gasteiger partial charge in [0.05, 0.1) is 17.7 Å². The Morgan fingerprint density at radius 2 is 1.90 bits per heavy atom. The van der Waals surface area contributed by atoms with Crippen LogP contribution in [0.1, 0.15) is 36.2 Å². The first kappa shape index (κ1) is 20.9. The lowest BCUT2D eigenvalue weighted by molar-refractivity contribution is -0.137. The van der Waals surface area contributed by atoms with Crippen LogP contribution in [0.25, 0.3) is 11.5 Å². The summed E-state index contributed by atoms with van der Waals surface area (Å²) in [5.74, 6) is 1.01. The normalized spacial score (nSPS) is 16.7. The number of benzene rings is 2. The molecule has 1 aromatic heterocycles. The molecule has 0 spiro atoms. The maximum Gasteiger partial charge on any atom is 0.416 e. The first-order chi connectivity index (χ1) is 14.8. The van der Waals surface area contributed by atoms with Gasteiger partial charge in [-0.05, 0) is 36.8 Å². The fraction of sp³-hybridized carbons (Fsp3) is 0.318. The Hall–Kier alpha value is -3.36. The van der Waals surface area contributed by atoms with Crippen molar-refractivity contribution in [1.29, 1.82) is 0 Å². The molecule has 0 saturated carbocycles. The molecule has 0 aliphatic carbocycles. The molecule has 2 heterocycles. The van der Waals surface area contributed by atoms with E-state index < -0.39 is 11.7 Å². The number of likely N-dealkylation sites (tertiary alicyclic amines) is 1. The van der Waals surface area contributed by atoms with E-state index in [4.69, 9.17) is 9.26 Å². The van der Waals surface area contributed by atoms with Crippen LogP contribution in [0.5, 0.6) is 5.75 Å². The maximum atomic E-state index is 12.7. The second kappa shape index (κ2) is 8.41. The Labute approximate surface area is 176 Å². The Morgan fingerprint density at radius 3 is 2.61 bits per heavy atom. The molecule has 3 aromatic rings. The predicted molar refractivity (Wildman–Crippen MR) is 105 cm³/mol. The number of carbonyl (C=O) groups excluding carboxylic acids is 1. The molecular formula is C22H20F3N3O3. The SMILES string of the molecule is CCOc1ccccc1-c1nc(C2CC(=O)N(Cc3ccc(C(F)(F)F)cc3)C2)no1. The number of halogens is 3. The summed E-state index contributed by atoms with van der Waals surface area (Å²) in [7, 11) is 0. The Morgan fingerprint density at radius 1 is 1.16 bits per heavy atom. The number of hydrogen-bond donors (Lipinski definition) is 0. The zero-order valence-corrected chi connectivity index (χ0v) is 16.7. The molecule has 0 bridgehead atoms. The number of rotatable bonds is 6. The molecule has 9 heteroatoms. The molecule has 1 atom stereocenters. The van der Waals surface area contributed by atoms with E-state index >= 15 is 0 Å². The van der Waals surface area contributed by atoms with Gasteiger partial charge in [-0.3, -0.25) is 4.79 Å². The number of hydrogen-bond acceptors (Lipinski definition) is 5. The van der Waals surface area contributed by atoms with Crippen LogP contribution in [0.2, 0.25) is 0 Å². The van der Waals surface area contributed by atoms with Gasteiger partial charge in [0.2, 0.25) is 5.91 Å². The molecule has 1 amide bonds. The van der Waals surface area contributed by atoms with E-state index in [0.717, 1.165) is 12.1 Å². The molecule has 1 aliphatic rings. The van der Waals surface area contributed by atoms with E-state index in [1.807, 2.05) is 31.2 Å². The van der Waals surface area contributed by atoms with Crippen molar-refractivity contribution in [1.82, 2.24) is 15.0 Å². The third-order valence-electron chi connectivity index (χ3n) is 5.09. The molecule has 1 saturated heterocycles. The minimum Gasteiger partial charge on any atom is -0.493 e. The summed E-state index contributed by atoms with van der Waals surface area (Å²) in [4.78, 5) is 18.5. The summed E-state index contributed by atoms with van der Waals surface area (Å²) < 4.78 is 49.2. The third kappa shape index (κ3) is 4.55. The molecule has 1 unspecified atom stereocenters. The van der Waals surface area contributed by atoms with E-state index in [9.17, 15) is 18.0 Å². The lowest BCUT2D eigenvalue weighted by atomic mass is 10.1. The molecule has 162 valence electrons. The van der Waals surface area contributed by atoms with Gasteiger partial charge < -0.3 is 14.2 Å². The number of amides is 1. The molecule has 0 radical (unpaired) electrons. The van der Waals surface area contributed by atoms with Crippen LogP contribution in [-0.4, -0.2) is 34.1 Å². The molecule has 1 fully saturated rings. The highest BCUT2D eigenvalue weighted by atomic mass is 19.4. The highest BCUT2D eigenvalue weighted by Crippen LogP contribution is 2.33. The largest absolute Gasteiger partial charge is 0.493 e. The molecular weight excluding hydrogens is 411 g/mol. The lowest BCUT2D eigenvalue weighted by Gasteiger charge is -2.16. The van der Waals surface area contributed by atoms with E-state index in [1.54, 1.807) is 4.90 Å². The molecule has 2 aromatic carbocycles. The number of nitrogens with zero attached hydrogens (tertiary/aromatic N) is 3. The van der Waals surface area contributed by atoms with Gasteiger partial charge in [-0.1, -0.05) is 29.4 Å². The van der Waals surface area contributed by atoms with Crippen LogP contribution in [0, 0.1) is 0 Å². The summed E-state index contributed by atoms with van der Waals surface area (Å²) >= 11 is 0. The fourth-order valence-electron chi connectivity index (χ4n) is 3.55. The monoisotopic (exact) mass is 431 g/mol. The average Bonchev–Trinajstić information content (AvgIpc) is 3.36. The highest BCUT2D eigenvalue weighted by Gasteiger charge is 2.34. The second-order valence-corrected chi connectivity index (χ2v) is 7.26. The smallest absolute Gasteiger partial charge is 0.416 e. The van der Waals surface area contributed by atoms with Gasteiger partial charge in [0, 0.05) is 25.4 Å². The summed E-state index contributed by atoms with van der Waals surface area (Å²) in [5, 5.41) is 4.04. The number of para-hydroxylation sites is 1. The fourth-order valence-corrected chi connectivity index (χ4v) is 3.55. The van der Waals surface area contributed by atoms with Gasteiger partial charge in [-0.25, -0.2) is 0 Å². The minimum absolute atomic E-state index is 0.106. The summed E-state index contributed by atoms with van der Waals surface area (Å²) in [6, 6.07) is 12.1. The van der Waals surface area contributed by atoms with Crippen molar-refractivity contribution >= 4 is 5.91 Å². The molecule has 1 aliphatic heterocycles. The van der Waals surface area contributed by atoms with Crippen LogP contribution >= 0.6 is 0 Å². The van der Waals surface area contributed by atoms with Crippen molar-refractivity contribution in [3.05, 3.63) is 65.5 Å². The van der Waals surface area contributed by atoms with E-state index in [1.165, 1.54) is 12.1 Å². The van der Waals surface area contributed by atoms with Gasteiger partial charge in [0.1, 0.15) is 5.75 Å². The number of ether oxygens (including phenoxy) is 1. The highest BCUT2D eigenvalue weighted by molar-refractivity contribution is 5.79. The Kier molecular flexibility index (Phi) is 5.67. The van der Waals surface area contributed by atoms with E-state index in [-0.39, 0.29) is 24.8 Å². The zero-order chi connectivity index (χ0) is 22.0. The second-order valence-electron chi connectivity index (χ2n) is 7.26. The van der Waals surface area contributed by atoms with Gasteiger partial charge in [0.25, 0.3) is 5.89 Å². The summed E-state index contributed by atoms with van der Waals surface area (Å²) in [6.45, 7) is 2.97. The Bertz CT molecular complexity index is 1060. The topological polar surface area (TPSA) is 68.5 Å². The standard InChI is InChI=1S/C22H20F3N3O3/c1-2-30-18-6-4-3-5-17(18)21-26-20(27-31-21)15-11-19(29)28(13-15)12-14-7-9-16(10-8-14)22(23,24)25/h3-10,15H,2,11-13H2,1H3. The molecule has 0 N–H and O–H groups in total. The quantitative estimate of drug-likeness (QED) is 0.567. The summed E-state index contributed by atoms with van der Waals surface area (Å²) in [6.07, 6.45) is -4.17. The van der Waals surface area contributed by atoms with E-state index in [2.05, 4.69) is 10.1 Å². The van der Waals surface area contributed by atoms with Crippen molar-refractivity contribution in [3.8, 4) is 17.2 Å². The van der Waals surface area contributed by atoms with Crippen LogP contribution in [-0.2, 0) is 17.5 Å². The van der Waals surface area contributed by atoms with Gasteiger partial charge in [-0.15, -0.1) is 0 Å². The van der Waals surface area contributed by atoms with Crippen molar-refractivity contribution in [3.63, 3.8) is 0 Å². The lowest BCUT2D eigenvalue weighted by Crippen LogP contribution is -2.24. The van der Waals surface area contributed by atoms with Crippen molar-refractivity contribution in [2.24, 2.45) is 0 Å². The van der Waals surface area contributed by atoms with Crippen molar-refractivity contribution in [2.45, 2.75) is 32.0 Å². The molecule has 31 heavy (non-hydrogen) atoms. The van der Waals surface area contributed by atoms with Crippen molar-refractivity contribution < 1.29 is 27.2 Å². The van der Waals surface area contributed by atoms with Crippen LogP contribution < -0.4 is 4.74 Å². The number of carbonyl (C=O) groups is 1. The first-order valence-corrected chi connectivity index (χ1v) is 9.85. The Balaban J connectivity index is 1.46. The van der Waals surface area contributed by atoms with Crippen LogP contribution in [0.15, 0.2) is 53.1 Å². The van der Waals surface area contributed by atoms with Gasteiger partial charge in [-0.2, -0.15) is 18.2 Å². The third-order valence-corrected chi connectivity index (χ3v) is 5.09. The van der Waals surface area contributed by atoms with Gasteiger partial charge in [0.15, 0.2) is 5.82 Å². The van der Waals surface area contributed by atoms with E-state index in [0.29, 0.717) is 41.7 Å². The summed E-state index contributed by atoms with van der Waals surface area (Å²) in [5.41, 5.74) is 0.587. The minimum atomic E-state index is -4.38. The zero-order valence-electron chi connectivity index (χ0n) is 16.7. The van der Waals surface area contributed by atoms with Crippen LogP contribution in [0.4, 0.5) is 13.2 Å². The van der Waals surface area contributed by atoms with Crippen LogP contribution in [0.3, 0.4) is 0 Å².